The van der Waals surface area contributed by atoms with Crippen molar-refractivity contribution < 1.29 is 18.7 Å². The molecule has 4 rings (SSSR count). The van der Waals surface area contributed by atoms with E-state index in [9.17, 15) is 9.59 Å². The van der Waals surface area contributed by atoms with E-state index in [0.717, 1.165) is 5.56 Å². The lowest BCUT2D eigenvalue weighted by atomic mass is 9.87. The molecule has 1 amide bonds. The summed E-state index contributed by atoms with van der Waals surface area (Å²) in [7, 11) is 3.06. The first-order chi connectivity index (χ1) is 16.2. The zero-order valence-corrected chi connectivity index (χ0v) is 19.9. The lowest BCUT2D eigenvalue weighted by Crippen LogP contribution is -2.17. The molecule has 6 nitrogen and oxygen atoms in total. The van der Waals surface area contributed by atoms with E-state index in [4.69, 9.17) is 13.9 Å². The average molecular weight is 458 g/mol. The predicted molar refractivity (Wildman–Crippen MR) is 134 cm³/mol. The van der Waals surface area contributed by atoms with Crippen molar-refractivity contribution >= 4 is 22.8 Å². The number of ether oxygens (including phenoxy) is 2. The van der Waals surface area contributed by atoms with Gasteiger partial charge in [-0.1, -0.05) is 51.1 Å². The number of fused-ring (bicyclic) bond motifs is 1. The van der Waals surface area contributed by atoms with E-state index >= 15 is 0 Å². The zero-order valence-electron chi connectivity index (χ0n) is 19.9. The summed E-state index contributed by atoms with van der Waals surface area (Å²) in [5.74, 6) is 0.685. The summed E-state index contributed by atoms with van der Waals surface area (Å²) in [4.78, 5) is 26.6. The minimum absolute atomic E-state index is 0.0270. The Morgan fingerprint density at radius 2 is 1.56 bits per heavy atom. The van der Waals surface area contributed by atoms with Crippen molar-refractivity contribution in [3.05, 3.63) is 88.1 Å². The van der Waals surface area contributed by atoms with Crippen molar-refractivity contribution in [3.63, 3.8) is 0 Å². The van der Waals surface area contributed by atoms with Gasteiger partial charge < -0.3 is 13.9 Å². The summed E-state index contributed by atoms with van der Waals surface area (Å²) < 4.78 is 16.8. The zero-order chi connectivity index (χ0) is 24.5. The predicted octanol–water partition coefficient (Wildman–Crippen LogP) is 6.03. The molecule has 0 saturated carbocycles. The molecular weight excluding hydrogens is 430 g/mol. The third-order valence-electron chi connectivity index (χ3n) is 5.71. The number of carbonyl (C=O) groups excluding carboxylic acids is 1. The molecule has 0 aliphatic rings. The van der Waals surface area contributed by atoms with Crippen LogP contribution < -0.4 is 20.2 Å². The molecule has 0 spiro atoms. The lowest BCUT2D eigenvalue weighted by Gasteiger charge is -2.19. The molecule has 0 fully saturated rings. The van der Waals surface area contributed by atoms with Crippen LogP contribution in [0.5, 0.6) is 11.5 Å². The highest BCUT2D eigenvalue weighted by atomic mass is 16.5. The van der Waals surface area contributed by atoms with Crippen molar-refractivity contribution in [2.24, 2.45) is 0 Å². The number of rotatable bonds is 5. The van der Waals surface area contributed by atoms with Crippen LogP contribution in [0, 0.1) is 0 Å². The molecule has 0 bridgehead atoms. The first-order valence-electron chi connectivity index (χ1n) is 10.9. The summed E-state index contributed by atoms with van der Waals surface area (Å²) in [6.07, 6.45) is 0. The Morgan fingerprint density at radius 1 is 0.882 bits per heavy atom. The maximum atomic E-state index is 13.5. The minimum Gasteiger partial charge on any atom is -0.493 e. The summed E-state index contributed by atoms with van der Waals surface area (Å²) in [5.41, 5.74) is 2.45. The first kappa shape index (κ1) is 23.1. The highest BCUT2D eigenvalue weighted by Gasteiger charge is 2.21. The Kier molecular flexibility index (Phi) is 6.16. The standard InChI is InChI=1S/C28H27NO5/c1-28(2,3)19-13-10-17(11-14-19)26(31)29-27-24(18-12-15-22(32-4)23(16-18)33-5)25(30)20-8-6-7-9-21(20)34-27/h6-16H,1-5H3,(H,29,31). The van der Waals surface area contributed by atoms with Gasteiger partial charge in [-0.25, -0.2) is 0 Å². The Morgan fingerprint density at radius 3 is 2.21 bits per heavy atom. The largest absolute Gasteiger partial charge is 0.493 e. The molecule has 0 unspecified atom stereocenters. The van der Waals surface area contributed by atoms with E-state index in [2.05, 4.69) is 26.1 Å². The van der Waals surface area contributed by atoms with Crippen LogP contribution in [0.4, 0.5) is 5.88 Å². The van der Waals surface area contributed by atoms with Crippen LogP contribution in [0.1, 0.15) is 36.7 Å². The quantitative estimate of drug-likeness (QED) is 0.396. The summed E-state index contributed by atoms with van der Waals surface area (Å²) in [5, 5.41) is 3.22. The van der Waals surface area contributed by atoms with Gasteiger partial charge in [0, 0.05) is 5.56 Å². The van der Waals surface area contributed by atoms with Gasteiger partial charge in [-0.05, 0) is 52.9 Å². The van der Waals surface area contributed by atoms with Crippen LogP contribution in [-0.4, -0.2) is 20.1 Å². The molecule has 0 atom stereocenters. The second-order valence-corrected chi connectivity index (χ2v) is 8.98. The number of anilines is 1. The molecule has 6 heteroatoms. The van der Waals surface area contributed by atoms with Crippen molar-refractivity contribution in [1.82, 2.24) is 0 Å². The van der Waals surface area contributed by atoms with E-state index in [0.29, 0.717) is 33.6 Å². The molecule has 34 heavy (non-hydrogen) atoms. The molecule has 0 radical (unpaired) electrons. The van der Waals surface area contributed by atoms with Gasteiger partial charge in [0.15, 0.2) is 11.5 Å². The Bertz CT molecular complexity index is 1410. The number of para-hydroxylation sites is 1. The fraction of sp³-hybridized carbons (Fsp3) is 0.214. The second kappa shape index (κ2) is 9.06. The number of carbonyl (C=O) groups is 1. The van der Waals surface area contributed by atoms with Crippen LogP contribution in [0.25, 0.3) is 22.1 Å². The summed E-state index contributed by atoms with van der Waals surface area (Å²) >= 11 is 0. The fourth-order valence-electron chi connectivity index (χ4n) is 3.78. The highest BCUT2D eigenvalue weighted by Crippen LogP contribution is 2.35. The molecule has 1 N–H and O–H groups in total. The number of hydrogen-bond acceptors (Lipinski definition) is 5. The summed E-state index contributed by atoms with van der Waals surface area (Å²) in [6.45, 7) is 6.34. The molecule has 0 aliphatic carbocycles. The highest BCUT2D eigenvalue weighted by molar-refractivity contribution is 6.06. The normalized spacial score (nSPS) is 11.3. The maximum Gasteiger partial charge on any atom is 0.257 e. The van der Waals surface area contributed by atoms with E-state index in [1.807, 2.05) is 12.1 Å². The van der Waals surface area contributed by atoms with Crippen LogP contribution in [-0.2, 0) is 5.41 Å². The molecule has 3 aromatic carbocycles. The van der Waals surface area contributed by atoms with Crippen LogP contribution in [0.15, 0.2) is 75.9 Å². The molecule has 4 aromatic rings. The van der Waals surface area contributed by atoms with Crippen molar-refractivity contribution in [1.29, 1.82) is 0 Å². The maximum absolute atomic E-state index is 13.5. The number of nitrogens with one attached hydrogen (secondary N) is 1. The fourth-order valence-corrected chi connectivity index (χ4v) is 3.78. The Labute approximate surface area is 198 Å². The number of benzene rings is 3. The Hall–Kier alpha value is -4.06. The molecule has 0 saturated heterocycles. The SMILES string of the molecule is COc1ccc(-c2c(NC(=O)c3ccc(C(C)(C)C)cc3)oc3ccccc3c2=O)cc1OC. The van der Waals surface area contributed by atoms with Crippen LogP contribution >= 0.6 is 0 Å². The van der Waals surface area contributed by atoms with Crippen molar-refractivity contribution in [2.45, 2.75) is 26.2 Å². The summed E-state index contributed by atoms with van der Waals surface area (Å²) in [6, 6.07) is 19.5. The van der Waals surface area contributed by atoms with Crippen LogP contribution in [0.3, 0.4) is 0 Å². The van der Waals surface area contributed by atoms with Gasteiger partial charge in [0.1, 0.15) is 5.58 Å². The third kappa shape index (κ3) is 4.39. The molecule has 1 aromatic heterocycles. The van der Waals surface area contributed by atoms with Gasteiger partial charge >= 0.3 is 0 Å². The average Bonchev–Trinajstić information content (AvgIpc) is 2.83. The number of hydrogen-bond donors (Lipinski definition) is 1. The van der Waals surface area contributed by atoms with Gasteiger partial charge in [-0.15, -0.1) is 0 Å². The topological polar surface area (TPSA) is 77.8 Å². The van der Waals surface area contributed by atoms with E-state index < -0.39 is 0 Å². The number of methoxy groups -OCH3 is 2. The molecule has 1 heterocycles. The van der Waals surface area contributed by atoms with Crippen molar-refractivity contribution in [3.8, 4) is 22.6 Å². The molecular formula is C28H27NO5. The van der Waals surface area contributed by atoms with Gasteiger partial charge in [0.05, 0.1) is 25.2 Å². The Balaban J connectivity index is 1.82. The van der Waals surface area contributed by atoms with E-state index in [1.165, 1.54) is 7.11 Å². The minimum atomic E-state index is -0.374. The van der Waals surface area contributed by atoms with E-state index in [-0.39, 0.29) is 28.2 Å². The van der Waals surface area contributed by atoms with Gasteiger partial charge in [0.25, 0.3) is 5.91 Å². The first-order valence-corrected chi connectivity index (χ1v) is 10.9. The molecule has 0 aliphatic heterocycles. The molecule has 174 valence electrons. The van der Waals surface area contributed by atoms with Gasteiger partial charge in [-0.2, -0.15) is 0 Å². The van der Waals surface area contributed by atoms with E-state index in [1.54, 1.807) is 61.7 Å². The number of amides is 1. The smallest absolute Gasteiger partial charge is 0.257 e. The second-order valence-electron chi connectivity index (χ2n) is 8.98. The lowest BCUT2D eigenvalue weighted by molar-refractivity contribution is 0.102. The van der Waals surface area contributed by atoms with Crippen LogP contribution in [0.2, 0.25) is 0 Å². The van der Waals surface area contributed by atoms with Gasteiger partial charge in [-0.3, -0.25) is 14.9 Å². The van der Waals surface area contributed by atoms with Crippen molar-refractivity contribution in [2.75, 3.05) is 19.5 Å². The van der Waals surface area contributed by atoms with Gasteiger partial charge in [0.2, 0.25) is 11.3 Å². The third-order valence-corrected chi connectivity index (χ3v) is 5.71. The monoisotopic (exact) mass is 457 g/mol.